The van der Waals surface area contributed by atoms with Crippen molar-refractivity contribution in [3.63, 3.8) is 0 Å². The summed E-state index contributed by atoms with van der Waals surface area (Å²) < 4.78 is 12.6. The zero-order valence-electron chi connectivity index (χ0n) is 11.2. The van der Waals surface area contributed by atoms with Gasteiger partial charge < -0.3 is 15.2 Å². The average Bonchev–Trinajstić information content (AvgIpc) is 2.31. The first-order valence-electron chi connectivity index (χ1n) is 6.96. The van der Waals surface area contributed by atoms with Crippen LogP contribution in [0.15, 0.2) is 16.6 Å². The highest BCUT2D eigenvalue weighted by atomic mass is 79.9. The minimum Gasteiger partial charge on any atom is -0.493 e. The lowest BCUT2D eigenvalue weighted by molar-refractivity contribution is 0.109. The van der Waals surface area contributed by atoms with Crippen molar-refractivity contribution >= 4 is 15.9 Å². The summed E-state index contributed by atoms with van der Waals surface area (Å²) >= 11 is 3.54. The van der Waals surface area contributed by atoms with Crippen molar-refractivity contribution in [1.29, 1.82) is 0 Å². The molecule has 0 amide bonds. The Bertz CT molecular complexity index is 481. The highest BCUT2D eigenvalue weighted by molar-refractivity contribution is 9.10. The van der Waals surface area contributed by atoms with Gasteiger partial charge in [0.15, 0.2) is 11.5 Å². The molecule has 0 saturated heterocycles. The van der Waals surface area contributed by atoms with Crippen molar-refractivity contribution in [3.8, 4) is 11.5 Å². The molecule has 0 spiro atoms. The highest BCUT2D eigenvalue weighted by Crippen LogP contribution is 2.48. The van der Waals surface area contributed by atoms with Gasteiger partial charge in [0, 0.05) is 15.6 Å². The summed E-state index contributed by atoms with van der Waals surface area (Å²) in [7, 11) is 1.68. The van der Waals surface area contributed by atoms with E-state index in [-0.39, 0.29) is 5.54 Å². The zero-order valence-corrected chi connectivity index (χ0v) is 12.8. The van der Waals surface area contributed by atoms with Crippen LogP contribution in [0.25, 0.3) is 0 Å². The predicted molar refractivity (Wildman–Crippen MR) is 78.7 cm³/mol. The summed E-state index contributed by atoms with van der Waals surface area (Å²) in [5, 5.41) is 0. The fraction of sp³-hybridized carbons (Fsp3) is 0.600. The molecule has 2 N–H and O–H groups in total. The molecule has 19 heavy (non-hydrogen) atoms. The molecule has 4 heteroatoms. The highest BCUT2D eigenvalue weighted by Gasteiger charge is 2.39. The van der Waals surface area contributed by atoms with Crippen LogP contribution in [-0.2, 0) is 5.54 Å². The van der Waals surface area contributed by atoms with Crippen LogP contribution in [-0.4, -0.2) is 13.2 Å². The van der Waals surface area contributed by atoms with Gasteiger partial charge in [-0.2, -0.15) is 0 Å². The predicted octanol–water partition coefficient (Wildman–Crippen LogP) is 3.73. The van der Waals surface area contributed by atoms with Gasteiger partial charge in [0.05, 0.1) is 13.2 Å². The van der Waals surface area contributed by atoms with Crippen molar-refractivity contribution in [1.82, 2.24) is 0 Å². The second-order valence-electron chi connectivity index (χ2n) is 5.67. The van der Waals surface area contributed by atoms with Gasteiger partial charge in [-0.15, -0.1) is 0 Å². The molecule has 0 atom stereocenters. The van der Waals surface area contributed by atoms with Gasteiger partial charge in [-0.3, -0.25) is 0 Å². The average molecular weight is 326 g/mol. The lowest BCUT2D eigenvalue weighted by atomic mass is 9.72. The summed E-state index contributed by atoms with van der Waals surface area (Å²) in [5.74, 6) is 1.64. The Balaban J connectivity index is 2.00. The lowest BCUT2D eigenvalue weighted by Crippen LogP contribution is -2.44. The van der Waals surface area contributed by atoms with Gasteiger partial charge >= 0.3 is 0 Å². The van der Waals surface area contributed by atoms with Crippen molar-refractivity contribution in [3.05, 3.63) is 22.2 Å². The van der Waals surface area contributed by atoms with E-state index in [1.165, 1.54) is 12.8 Å². The number of nitrogens with two attached hydrogens (primary N) is 1. The van der Waals surface area contributed by atoms with Gasteiger partial charge in [0.2, 0.25) is 0 Å². The zero-order chi connectivity index (χ0) is 13.5. The molecule has 2 aliphatic rings. The quantitative estimate of drug-likeness (QED) is 0.917. The Kier molecular flexibility index (Phi) is 3.48. The van der Waals surface area contributed by atoms with E-state index in [2.05, 4.69) is 22.0 Å². The van der Waals surface area contributed by atoms with E-state index in [0.29, 0.717) is 6.10 Å². The van der Waals surface area contributed by atoms with Crippen LogP contribution in [0.4, 0.5) is 0 Å². The van der Waals surface area contributed by atoms with Crippen molar-refractivity contribution in [2.75, 3.05) is 7.11 Å². The van der Waals surface area contributed by atoms with Crippen LogP contribution >= 0.6 is 15.9 Å². The van der Waals surface area contributed by atoms with E-state index in [1.807, 2.05) is 6.07 Å². The van der Waals surface area contributed by atoms with Gasteiger partial charge in [-0.05, 0) is 50.7 Å². The third-order valence-electron chi connectivity index (χ3n) is 4.36. The molecule has 0 bridgehead atoms. The number of rotatable bonds is 4. The van der Waals surface area contributed by atoms with Crippen molar-refractivity contribution in [2.24, 2.45) is 5.73 Å². The molecule has 3 nitrogen and oxygen atoms in total. The van der Waals surface area contributed by atoms with Crippen LogP contribution in [0.3, 0.4) is 0 Å². The number of ether oxygens (including phenoxy) is 2. The second kappa shape index (κ2) is 4.98. The number of hydrogen-bond acceptors (Lipinski definition) is 3. The van der Waals surface area contributed by atoms with Gasteiger partial charge in [0.1, 0.15) is 0 Å². The fourth-order valence-corrected chi connectivity index (χ4v) is 3.13. The number of benzene rings is 1. The Hall–Kier alpha value is -0.740. The molecule has 0 unspecified atom stereocenters. The summed E-state index contributed by atoms with van der Waals surface area (Å²) in [6, 6.07) is 4.05. The fourth-order valence-electron chi connectivity index (χ4n) is 2.69. The van der Waals surface area contributed by atoms with Gasteiger partial charge in [-0.25, -0.2) is 0 Å². The molecule has 104 valence electrons. The molecule has 3 rings (SSSR count). The topological polar surface area (TPSA) is 44.5 Å². The first-order valence-corrected chi connectivity index (χ1v) is 7.75. The first-order chi connectivity index (χ1) is 9.12. The standard InChI is InChI=1S/C15H20BrNO2/c1-18-13-9-10(16)8-12(15(17)6-3-7-15)14(13)19-11-4-2-5-11/h8-9,11H,2-7,17H2,1H3. The van der Waals surface area contributed by atoms with Crippen LogP contribution in [0, 0.1) is 0 Å². The molecule has 0 radical (unpaired) electrons. The van der Waals surface area contributed by atoms with E-state index < -0.39 is 0 Å². The van der Waals surface area contributed by atoms with E-state index in [9.17, 15) is 0 Å². The lowest BCUT2D eigenvalue weighted by Gasteiger charge is -2.40. The Morgan fingerprint density at radius 1 is 1.26 bits per heavy atom. The molecule has 2 saturated carbocycles. The second-order valence-corrected chi connectivity index (χ2v) is 6.58. The summed E-state index contributed by atoms with van der Waals surface area (Å²) in [4.78, 5) is 0. The summed E-state index contributed by atoms with van der Waals surface area (Å²) in [5.41, 5.74) is 7.35. The van der Waals surface area contributed by atoms with Gasteiger partial charge in [-0.1, -0.05) is 15.9 Å². The largest absolute Gasteiger partial charge is 0.493 e. The van der Waals surface area contributed by atoms with Crippen LogP contribution < -0.4 is 15.2 Å². The maximum atomic E-state index is 6.50. The minimum absolute atomic E-state index is 0.240. The monoisotopic (exact) mass is 325 g/mol. The number of hydrogen-bond donors (Lipinski definition) is 1. The maximum Gasteiger partial charge on any atom is 0.166 e. The number of halogens is 1. The molecule has 1 aromatic carbocycles. The molecule has 2 fully saturated rings. The normalized spacial score (nSPS) is 21.4. The Labute approximate surface area is 122 Å². The number of methoxy groups -OCH3 is 1. The molecule has 1 aromatic rings. The molecule has 2 aliphatic carbocycles. The van der Waals surface area contributed by atoms with Crippen LogP contribution in [0.5, 0.6) is 11.5 Å². The minimum atomic E-state index is -0.240. The molecular formula is C15H20BrNO2. The third-order valence-corrected chi connectivity index (χ3v) is 4.82. The van der Waals surface area contributed by atoms with E-state index in [1.54, 1.807) is 7.11 Å². The Morgan fingerprint density at radius 3 is 2.47 bits per heavy atom. The molecule has 0 aliphatic heterocycles. The van der Waals surface area contributed by atoms with Gasteiger partial charge in [0.25, 0.3) is 0 Å². The van der Waals surface area contributed by atoms with E-state index in [0.717, 1.165) is 47.2 Å². The summed E-state index contributed by atoms with van der Waals surface area (Å²) in [6.07, 6.45) is 7.09. The van der Waals surface area contributed by atoms with Crippen LogP contribution in [0.1, 0.15) is 44.1 Å². The molecule has 0 aromatic heterocycles. The SMILES string of the molecule is COc1cc(Br)cc(C2(N)CCC2)c1OC1CCC1. The van der Waals surface area contributed by atoms with Crippen LogP contribution in [0.2, 0.25) is 0 Å². The third kappa shape index (κ3) is 2.36. The molecular weight excluding hydrogens is 306 g/mol. The summed E-state index contributed by atoms with van der Waals surface area (Å²) in [6.45, 7) is 0. The smallest absolute Gasteiger partial charge is 0.166 e. The van der Waals surface area contributed by atoms with E-state index in [4.69, 9.17) is 15.2 Å². The van der Waals surface area contributed by atoms with Crippen molar-refractivity contribution in [2.45, 2.75) is 50.2 Å². The van der Waals surface area contributed by atoms with E-state index >= 15 is 0 Å². The first kappa shape index (κ1) is 13.3. The Morgan fingerprint density at radius 2 is 2.00 bits per heavy atom. The maximum absolute atomic E-state index is 6.50. The molecule has 0 heterocycles. The van der Waals surface area contributed by atoms with Crippen molar-refractivity contribution < 1.29 is 9.47 Å².